The molecule has 0 N–H and O–H groups in total. The van der Waals surface area contributed by atoms with Crippen molar-refractivity contribution in [1.82, 2.24) is 8.87 Å². The van der Waals surface area contributed by atoms with Gasteiger partial charge in [-0.2, -0.15) is 15.6 Å². The Hall–Kier alpha value is -0.820. The lowest BCUT2D eigenvalue weighted by Gasteiger charge is -2.15. The van der Waals surface area contributed by atoms with E-state index >= 15 is 0 Å². The van der Waals surface area contributed by atoms with Crippen LogP contribution in [-0.2, 0) is 22.4 Å². The van der Waals surface area contributed by atoms with Crippen LogP contribution in [0.15, 0.2) is 34.0 Å². The van der Waals surface area contributed by atoms with Gasteiger partial charge in [0.2, 0.25) is 10.0 Å². The lowest BCUT2D eigenvalue weighted by molar-refractivity contribution is 0.467. The number of hydrogen-bond acceptors (Lipinski definition) is 3. The minimum Gasteiger partial charge on any atom is -0.346 e. The molecule has 0 spiro atoms. The van der Waals surface area contributed by atoms with Gasteiger partial charge in [0.15, 0.2) is 0 Å². The zero-order chi connectivity index (χ0) is 15.0. The molecule has 114 valence electrons. The number of halogens is 1. The lowest BCUT2D eigenvalue weighted by Crippen LogP contribution is -2.26. The van der Waals surface area contributed by atoms with Crippen LogP contribution in [0.5, 0.6) is 0 Å². The second-order valence-corrected chi connectivity index (χ2v) is 8.42. The Morgan fingerprint density at radius 3 is 2.81 bits per heavy atom. The molecule has 1 aliphatic rings. The van der Waals surface area contributed by atoms with Crippen LogP contribution in [0.1, 0.15) is 30.1 Å². The predicted molar refractivity (Wildman–Crippen MR) is 85.2 cm³/mol. The molecule has 0 saturated heterocycles. The van der Waals surface area contributed by atoms with E-state index in [-0.39, 0.29) is 0 Å². The quantitative estimate of drug-likeness (QED) is 0.753. The third-order valence-electron chi connectivity index (χ3n) is 3.68. The van der Waals surface area contributed by atoms with Gasteiger partial charge >= 0.3 is 0 Å². The van der Waals surface area contributed by atoms with Gasteiger partial charge in [-0.15, -0.1) is 11.6 Å². The molecule has 2 aromatic rings. The number of rotatable bonds is 6. The maximum absolute atomic E-state index is 12.7. The average Bonchev–Trinajstić information content (AvgIpc) is 3.00. The Kier molecular flexibility index (Phi) is 4.14. The molecule has 2 aromatic heterocycles. The first-order valence-corrected chi connectivity index (χ1v) is 9.68. The van der Waals surface area contributed by atoms with Gasteiger partial charge in [-0.1, -0.05) is 0 Å². The average molecular weight is 345 g/mol. The Morgan fingerprint density at radius 1 is 1.48 bits per heavy atom. The summed E-state index contributed by atoms with van der Waals surface area (Å²) in [7, 11) is -1.86. The molecule has 21 heavy (non-hydrogen) atoms. The van der Waals surface area contributed by atoms with E-state index in [1.165, 1.54) is 4.31 Å². The monoisotopic (exact) mass is 344 g/mol. The van der Waals surface area contributed by atoms with Crippen LogP contribution in [0.3, 0.4) is 0 Å². The van der Waals surface area contributed by atoms with Crippen molar-refractivity contribution in [3.8, 4) is 0 Å². The summed E-state index contributed by atoms with van der Waals surface area (Å²) in [5.74, 6) is 0.334. The van der Waals surface area contributed by atoms with Crippen molar-refractivity contribution in [3.05, 3.63) is 40.3 Å². The van der Waals surface area contributed by atoms with Crippen molar-refractivity contribution in [2.45, 2.75) is 36.2 Å². The molecule has 0 atom stereocenters. The molecule has 0 aromatic carbocycles. The number of nitrogens with zero attached hydrogens (tertiary/aromatic N) is 2. The molecule has 3 rings (SSSR count). The van der Waals surface area contributed by atoms with Crippen molar-refractivity contribution >= 4 is 33.0 Å². The van der Waals surface area contributed by atoms with Gasteiger partial charge in [-0.05, 0) is 41.3 Å². The van der Waals surface area contributed by atoms with Crippen LogP contribution in [0, 0.1) is 0 Å². The highest BCUT2D eigenvalue weighted by Crippen LogP contribution is 2.38. The summed E-state index contributed by atoms with van der Waals surface area (Å²) >= 11 is 7.50. The number of hydrogen-bond donors (Lipinski definition) is 0. The molecule has 1 saturated carbocycles. The number of thiophene rings is 1. The van der Waals surface area contributed by atoms with E-state index < -0.39 is 10.0 Å². The summed E-state index contributed by atoms with van der Waals surface area (Å²) < 4.78 is 28.7. The van der Waals surface area contributed by atoms with Crippen LogP contribution in [0.2, 0.25) is 0 Å². The minimum atomic E-state index is -3.47. The summed E-state index contributed by atoms with van der Waals surface area (Å²) in [5, 5.41) is 3.91. The van der Waals surface area contributed by atoms with Crippen LogP contribution in [0.25, 0.3) is 0 Å². The zero-order valence-electron chi connectivity index (χ0n) is 11.7. The van der Waals surface area contributed by atoms with Crippen molar-refractivity contribution < 1.29 is 8.42 Å². The highest BCUT2D eigenvalue weighted by molar-refractivity contribution is 7.89. The van der Waals surface area contributed by atoms with E-state index in [2.05, 4.69) is 0 Å². The molecule has 0 bridgehead atoms. The Bertz CT molecular complexity index is 718. The van der Waals surface area contributed by atoms with Crippen LogP contribution < -0.4 is 0 Å². The summed E-state index contributed by atoms with van der Waals surface area (Å²) in [4.78, 5) is 0.336. The van der Waals surface area contributed by atoms with Crippen LogP contribution >= 0.6 is 22.9 Å². The SMILES string of the molecule is CN(Cc1ccsc1)S(=O)(=O)c1cc(CCl)n(C2CC2)c1. The smallest absolute Gasteiger partial charge is 0.244 e. The summed E-state index contributed by atoms with van der Waals surface area (Å²) in [6.45, 7) is 0.386. The molecule has 0 radical (unpaired) electrons. The molecular weight excluding hydrogens is 328 g/mol. The molecule has 2 heterocycles. The third kappa shape index (κ3) is 3.04. The molecule has 0 aliphatic heterocycles. The molecule has 7 heteroatoms. The first kappa shape index (κ1) is 15.1. The Morgan fingerprint density at radius 2 is 2.24 bits per heavy atom. The van der Waals surface area contributed by atoms with Gasteiger partial charge in [-0.25, -0.2) is 8.42 Å². The van der Waals surface area contributed by atoms with E-state index in [1.807, 2.05) is 21.4 Å². The highest BCUT2D eigenvalue weighted by Gasteiger charge is 2.29. The second kappa shape index (κ2) is 5.76. The Labute approximate surface area is 134 Å². The molecular formula is C14H17ClN2O2S2. The second-order valence-electron chi connectivity index (χ2n) is 5.33. The molecule has 1 fully saturated rings. The first-order chi connectivity index (χ1) is 10.0. The normalized spacial score (nSPS) is 15.8. The standard InChI is InChI=1S/C14H17ClN2O2S2/c1-16(8-11-4-5-20-10-11)21(18,19)14-6-13(7-15)17(9-14)12-2-3-12/h4-6,9-10,12H,2-3,7-8H2,1H3. The topological polar surface area (TPSA) is 42.3 Å². The van der Waals surface area contributed by atoms with E-state index in [4.69, 9.17) is 11.6 Å². The van der Waals surface area contributed by atoms with Gasteiger partial charge in [0, 0.05) is 31.5 Å². The van der Waals surface area contributed by atoms with Gasteiger partial charge in [0.05, 0.1) is 5.88 Å². The van der Waals surface area contributed by atoms with E-state index in [9.17, 15) is 8.42 Å². The van der Waals surface area contributed by atoms with E-state index in [0.29, 0.717) is 23.4 Å². The van der Waals surface area contributed by atoms with Crippen molar-refractivity contribution in [1.29, 1.82) is 0 Å². The largest absolute Gasteiger partial charge is 0.346 e. The van der Waals surface area contributed by atoms with Crippen molar-refractivity contribution in [3.63, 3.8) is 0 Å². The maximum Gasteiger partial charge on any atom is 0.244 e. The number of aromatic nitrogens is 1. The molecule has 1 aliphatic carbocycles. The third-order valence-corrected chi connectivity index (χ3v) is 6.45. The predicted octanol–water partition coefficient (Wildman–Crippen LogP) is 3.44. The zero-order valence-corrected chi connectivity index (χ0v) is 14.1. The fraction of sp³-hybridized carbons (Fsp3) is 0.429. The summed E-state index contributed by atoms with van der Waals surface area (Å²) in [6.07, 6.45) is 3.93. The van der Waals surface area contributed by atoms with Crippen molar-refractivity contribution in [2.75, 3.05) is 7.05 Å². The van der Waals surface area contributed by atoms with Crippen LogP contribution in [-0.4, -0.2) is 24.3 Å². The first-order valence-electron chi connectivity index (χ1n) is 6.76. The fourth-order valence-electron chi connectivity index (χ4n) is 2.34. The van der Waals surface area contributed by atoms with Crippen molar-refractivity contribution in [2.24, 2.45) is 0 Å². The lowest BCUT2D eigenvalue weighted by atomic mass is 10.3. The highest BCUT2D eigenvalue weighted by atomic mass is 35.5. The summed E-state index contributed by atoms with van der Waals surface area (Å²) in [5.41, 5.74) is 1.88. The molecule has 4 nitrogen and oxygen atoms in total. The van der Waals surface area contributed by atoms with Gasteiger partial charge in [-0.3, -0.25) is 0 Å². The number of sulfonamides is 1. The van der Waals surface area contributed by atoms with Crippen LogP contribution in [0.4, 0.5) is 0 Å². The molecule has 0 amide bonds. The van der Waals surface area contributed by atoms with Gasteiger partial charge in [0.25, 0.3) is 0 Å². The Balaban J connectivity index is 1.87. The van der Waals surface area contributed by atoms with Gasteiger partial charge in [0.1, 0.15) is 4.90 Å². The molecule has 0 unspecified atom stereocenters. The van der Waals surface area contributed by atoms with E-state index in [0.717, 1.165) is 24.1 Å². The van der Waals surface area contributed by atoms with E-state index in [1.54, 1.807) is 30.6 Å². The fourth-order valence-corrected chi connectivity index (χ4v) is 4.43. The minimum absolute atomic E-state index is 0.334. The summed E-state index contributed by atoms with van der Waals surface area (Å²) in [6, 6.07) is 4.06. The number of alkyl halides is 1. The van der Waals surface area contributed by atoms with Gasteiger partial charge < -0.3 is 4.57 Å². The maximum atomic E-state index is 12.7.